The molecule has 0 N–H and O–H groups in total. The van der Waals surface area contributed by atoms with Gasteiger partial charge in [-0.05, 0) is 61.4 Å². The number of furan rings is 1. The van der Waals surface area contributed by atoms with E-state index in [1.54, 1.807) is 12.1 Å². The summed E-state index contributed by atoms with van der Waals surface area (Å²) >= 11 is 18.2. The highest BCUT2D eigenvalue weighted by Crippen LogP contribution is 2.65. The van der Waals surface area contributed by atoms with E-state index in [1.807, 2.05) is 50.3 Å². The predicted molar refractivity (Wildman–Crippen MR) is 124 cm³/mol. The molecule has 1 saturated carbocycles. The fourth-order valence-corrected chi connectivity index (χ4v) is 4.37. The molecule has 0 amide bonds. The van der Waals surface area contributed by atoms with E-state index in [0.29, 0.717) is 36.5 Å². The Balaban J connectivity index is 1.87. The summed E-state index contributed by atoms with van der Waals surface area (Å²) in [5, 5.41) is 0. The minimum Gasteiger partial charge on any atom is -0.461 e. The number of rotatable bonds is 7. The molecule has 3 rings (SSSR count). The number of hydrogen-bond acceptors (Lipinski definition) is 3. The number of carbonyl (C=O) groups is 1. The molecule has 29 heavy (non-hydrogen) atoms. The third-order valence-electron chi connectivity index (χ3n) is 5.21. The smallest absolute Gasteiger partial charge is 0.322 e. The van der Waals surface area contributed by atoms with Crippen molar-refractivity contribution in [3.05, 3.63) is 73.5 Å². The van der Waals surface area contributed by atoms with Crippen molar-refractivity contribution in [2.45, 2.75) is 33.1 Å². The Kier molecular flexibility index (Phi) is 7.04. The monoisotopic (exact) mass is 560 g/mol. The lowest BCUT2D eigenvalue weighted by Gasteiger charge is -2.15. The van der Waals surface area contributed by atoms with Gasteiger partial charge in [-0.25, -0.2) is 0 Å². The zero-order valence-corrected chi connectivity index (χ0v) is 20.7. The first-order valence-corrected chi connectivity index (χ1v) is 11.4. The number of esters is 1. The molecule has 1 aromatic carbocycles. The molecule has 154 valence electrons. The molecule has 7 heteroatoms. The van der Waals surface area contributed by atoms with E-state index in [-0.39, 0.29) is 15.9 Å². The van der Waals surface area contributed by atoms with Gasteiger partial charge < -0.3 is 9.15 Å². The van der Waals surface area contributed by atoms with Gasteiger partial charge in [0.25, 0.3) is 0 Å². The summed E-state index contributed by atoms with van der Waals surface area (Å²) in [7, 11) is 0. The van der Waals surface area contributed by atoms with Gasteiger partial charge in [-0.1, -0.05) is 67.4 Å². The van der Waals surface area contributed by atoms with Crippen molar-refractivity contribution in [2.75, 3.05) is 0 Å². The van der Waals surface area contributed by atoms with Crippen molar-refractivity contribution < 1.29 is 13.9 Å². The van der Waals surface area contributed by atoms with Crippen LogP contribution < -0.4 is 4.74 Å². The Morgan fingerprint density at radius 3 is 2.45 bits per heavy atom. The predicted octanol–water partition coefficient (Wildman–Crippen LogP) is 7.68. The van der Waals surface area contributed by atoms with Crippen LogP contribution in [0, 0.1) is 10.8 Å². The summed E-state index contributed by atoms with van der Waals surface area (Å²) in [4.78, 5) is 13.1. The Morgan fingerprint density at radius 1 is 1.24 bits per heavy atom. The van der Waals surface area contributed by atoms with Crippen LogP contribution in [0.2, 0.25) is 0 Å². The number of benzene rings is 1. The van der Waals surface area contributed by atoms with Gasteiger partial charge in [-0.2, -0.15) is 0 Å². The quantitative estimate of drug-likeness (QED) is 0.325. The van der Waals surface area contributed by atoms with Crippen LogP contribution in [0.15, 0.2) is 60.9 Å². The van der Waals surface area contributed by atoms with Crippen molar-refractivity contribution in [2.24, 2.45) is 10.8 Å². The molecule has 1 unspecified atom stereocenters. The van der Waals surface area contributed by atoms with Gasteiger partial charge in [-0.15, -0.1) is 0 Å². The van der Waals surface area contributed by atoms with Crippen LogP contribution >= 0.6 is 55.1 Å². The second-order valence-corrected chi connectivity index (χ2v) is 11.5. The molecule has 1 heterocycles. The molecular formula is C22H20Br2Cl2O3. The standard InChI is InChI=1S/C22H20Br2Cl2O3/c1-21(2)13-22(21,12-18(23)24)20(27)29-17-11-15(10-14-6-4-3-5-7-14)28-16(17)8-9-19(25)26/h3-7,9,11-12H,8,10,13H2,1-2H3. The summed E-state index contributed by atoms with van der Waals surface area (Å²) in [6.45, 7) is 4.08. The van der Waals surface area contributed by atoms with Crippen LogP contribution in [0.3, 0.4) is 0 Å². The first-order valence-electron chi connectivity index (χ1n) is 9.06. The Bertz CT molecular complexity index is 956. The van der Waals surface area contributed by atoms with Crippen molar-refractivity contribution in [3.8, 4) is 5.75 Å². The first-order chi connectivity index (χ1) is 13.6. The second kappa shape index (κ2) is 9.01. The lowest BCUT2D eigenvalue weighted by atomic mass is 9.96. The molecule has 0 aliphatic heterocycles. The van der Waals surface area contributed by atoms with Gasteiger partial charge in [0.15, 0.2) is 11.5 Å². The summed E-state index contributed by atoms with van der Waals surface area (Å²) in [6, 6.07) is 11.7. The lowest BCUT2D eigenvalue weighted by Crippen LogP contribution is -2.25. The van der Waals surface area contributed by atoms with Crippen LogP contribution in [-0.4, -0.2) is 5.97 Å². The Morgan fingerprint density at radius 2 is 1.90 bits per heavy atom. The molecule has 3 nitrogen and oxygen atoms in total. The molecule has 1 aliphatic carbocycles. The molecule has 0 saturated heterocycles. The van der Waals surface area contributed by atoms with E-state index in [2.05, 4.69) is 31.9 Å². The maximum absolute atomic E-state index is 13.1. The third-order valence-corrected chi connectivity index (χ3v) is 5.98. The fraction of sp³-hybridized carbons (Fsp3) is 0.318. The van der Waals surface area contributed by atoms with Crippen molar-refractivity contribution in [1.29, 1.82) is 0 Å². The number of ether oxygens (including phenoxy) is 1. The molecule has 2 aromatic rings. The van der Waals surface area contributed by atoms with Crippen LogP contribution in [-0.2, 0) is 17.6 Å². The Hall–Kier alpha value is -1.01. The van der Waals surface area contributed by atoms with E-state index in [4.69, 9.17) is 32.4 Å². The fourth-order valence-electron chi connectivity index (χ4n) is 3.43. The summed E-state index contributed by atoms with van der Waals surface area (Å²) in [5.41, 5.74) is 0.221. The summed E-state index contributed by atoms with van der Waals surface area (Å²) in [5.74, 6) is 1.30. The molecular weight excluding hydrogens is 543 g/mol. The lowest BCUT2D eigenvalue weighted by molar-refractivity contribution is -0.139. The average molecular weight is 563 g/mol. The zero-order chi connectivity index (χ0) is 21.2. The molecule has 1 atom stereocenters. The number of halogens is 4. The topological polar surface area (TPSA) is 39.4 Å². The molecule has 1 aromatic heterocycles. The van der Waals surface area contributed by atoms with E-state index >= 15 is 0 Å². The molecule has 0 bridgehead atoms. The van der Waals surface area contributed by atoms with E-state index in [9.17, 15) is 4.79 Å². The van der Waals surface area contributed by atoms with Gasteiger partial charge in [0.2, 0.25) is 0 Å². The average Bonchev–Trinajstić information content (AvgIpc) is 2.99. The number of allylic oxidation sites excluding steroid dienone is 1. The minimum absolute atomic E-state index is 0.134. The van der Waals surface area contributed by atoms with Crippen molar-refractivity contribution in [3.63, 3.8) is 0 Å². The largest absolute Gasteiger partial charge is 0.461 e. The summed E-state index contributed by atoms with van der Waals surface area (Å²) < 4.78 is 12.6. The molecule has 0 radical (unpaired) electrons. The van der Waals surface area contributed by atoms with Crippen molar-refractivity contribution in [1.82, 2.24) is 0 Å². The molecule has 1 aliphatic rings. The van der Waals surface area contributed by atoms with Crippen LogP contribution in [0.25, 0.3) is 0 Å². The normalized spacial score (nSPS) is 19.4. The number of hydrogen-bond donors (Lipinski definition) is 0. The maximum atomic E-state index is 13.1. The zero-order valence-electron chi connectivity index (χ0n) is 16.0. The number of carbonyl (C=O) groups excluding carboxylic acids is 1. The first kappa shape index (κ1) is 22.7. The van der Waals surface area contributed by atoms with Crippen molar-refractivity contribution >= 4 is 61.0 Å². The van der Waals surface area contributed by atoms with Crippen LogP contribution in [0.5, 0.6) is 5.75 Å². The SMILES string of the molecule is CC1(C)CC1(C=C(Br)Br)C(=O)Oc1cc(Cc2ccccc2)oc1CC=C(Cl)Cl. The van der Waals surface area contributed by atoms with E-state index < -0.39 is 5.41 Å². The highest BCUT2D eigenvalue weighted by molar-refractivity contribution is 9.28. The van der Waals surface area contributed by atoms with Gasteiger partial charge >= 0.3 is 5.97 Å². The van der Waals surface area contributed by atoms with Gasteiger partial charge in [0.05, 0.1) is 8.81 Å². The molecule has 1 fully saturated rings. The maximum Gasteiger partial charge on any atom is 0.322 e. The van der Waals surface area contributed by atoms with Gasteiger partial charge in [0, 0.05) is 18.9 Å². The van der Waals surface area contributed by atoms with E-state index in [0.717, 1.165) is 8.96 Å². The highest BCUT2D eigenvalue weighted by atomic mass is 79.9. The van der Waals surface area contributed by atoms with E-state index in [1.165, 1.54) is 0 Å². The minimum atomic E-state index is -0.691. The highest BCUT2D eigenvalue weighted by Gasteiger charge is 2.66. The van der Waals surface area contributed by atoms with Gasteiger partial charge in [0.1, 0.15) is 10.3 Å². The van der Waals surface area contributed by atoms with Gasteiger partial charge in [-0.3, -0.25) is 4.79 Å². The second-order valence-electron chi connectivity index (χ2n) is 7.72. The molecule has 0 spiro atoms. The Labute approximate surface area is 197 Å². The third kappa shape index (κ3) is 5.38. The summed E-state index contributed by atoms with van der Waals surface area (Å²) in [6.07, 6.45) is 5.09. The van der Waals surface area contributed by atoms with Crippen LogP contribution in [0.4, 0.5) is 0 Å². The van der Waals surface area contributed by atoms with Crippen LogP contribution in [0.1, 0.15) is 37.4 Å².